The van der Waals surface area contributed by atoms with Crippen LogP contribution in [0.5, 0.6) is 0 Å². The molecule has 0 saturated carbocycles. The van der Waals surface area contributed by atoms with Crippen molar-refractivity contribution in [1.82, 2.24) is 15.3 Å². The molecular formula is C28H40N4O4. The molecule has 8 nitrogen and oxygen atoms in total. The number of rotatable bonds is 10. The van der Waals surface area contributed by atoms with Gasteiger partial charge in [0.25, 0.3) is 0 Å². The van der Waals surface area contributed by atoms with E-state index in [1.54, 1.807) is 0 Å². The maximum Gasteiger partial charge on any atom is 0.225 e. The number of ether oxygens (including phenoxy) is 1. The number of aliphatic hydroxyl groups is 2. The predicted molar refractivity (Wildman–Crippen MR) is 139 cm³/mol. The summed E-state index contributed by atoms with van der Waals surface area (Å²) >= 11 is 0. The van der Waals surface area contributed by atoms with E-state index in [-0.39, 0.29) is 25.0 Å². The Morgan fingerprint density at radius 2 is 1.97 bits per heavy atom. The summed E-state index contributed by atoms with van der Waals surface area (Å²) in [5.41, 5.74) is 2.56. The van der Waals surface area contributed by atoms with E-state index in [2.05, 4.69) is 51.4 Å². The molecule has 1 aromatic heterocycles. The van der Waals surface area contributed by atoms with E-state index >= 15 is 0 Å². The molecule has 0 bridgehead atoms. The Morgan fingerprint density at radius 1 is 1.19 bits per heavy atom. The number of hydrogen-bond donors (Lipinski definition) is 3. The lowest BCUT2D eigenvalue weighted by Gasteiger charge is -2.32. The first kappa shape index (κ1) is 26.4. The fourth-order valence-electron chi connectivity index (χ4n) is 5.05. The second kappa shape index (κ2) is 13.0. The number of carbonyl (C=O) groups is 1. The van der Waals surface area contributed by atoms with Gasteiger partial charge in [-0.15, -0.1) is 0 Å². The van der Waals surface area contributed by atoms with Crippen LogP contribution in [-0.4, -0.2) is 65.0 Å². The number of nitrogens with one attached hydrogen (secondary N) is 1. The van der Waals surface area contributed by atoms with Crippen molar-refractivity contribution in [3.8, 4) is 0 Å². The number of hydrogen-bond acceptors (Lipinski definition) is 7. The maximum atomic E-state index is 12.3. The third-order valence-electron chi connectivity index (χ3n) is 7.56. The van der Waals surface area contributed by atoms with Crippen LogP contribution in [-0.2, 0) is 16.0 Å². The molecular weight excluding hydrogens is 456 g/mol. The SMILES string of the molecule is CCc1cnc(N2CCC(COC3=CCC(C4=CCC(C(=O)NC[C@H](O)CO)CC4)C=C3)CC2)nc1. The number of nitrogens with zero attached hydrogens (tertiary/aromatic N) is 3. The van der Waals surface area contributed by atoms with E-state index in [1.807, 2.05) is 12.4 Å². The van der Waals surface area contributed by atoms with Crippen molar-refractivity contribution < 1.29 is 19.7 Å². The zero-order valence-corrected chi connectivity index (χ0v) is 21.3. The smallest absolute Gasteiger partial charge is 0.225 e. The first-order valence-corrected chi connectivity index (χ1v) is 13.4. The molecule has 3 atom stereocenters. The Labute approximate surface area is 214 Å². The number of aromatic nitrogens is 2. The van der Waals surface area contributed by atoms with E-state index in [4.69, 9.17) is 9.84 Å². The second-order valence-electron chi connectivity index (χ2n) is 10.1. The Morgan fingerprint density at radius 3 is 2.58 bits per heavy atom. The van der Waals surface area contributed by atoms with E-state index in [1.165, 1.54) is 11.1 Å². The van der Waals surface area contributed by atoms with Crippen LogP contribution in [0.4, 0.5) is 5.95 Å². The Hall–Kier alpha value is -2.71. The third kappa shape index (κ3) is 7.17. The molecule has 0 spiro atoms. The van der Waals surface area contributed by atoms with Gasteiger partial charge in [0.1, 0.15) is 5.76 Å². The third-order valence-corrected chi connectivity index (χ3v) is 7.56. The summed E-state index contributed by atoms with van der Waals surface area (Å²) in [6, 6.07) is 0. The van der Waals surface area contributed by atoms with Crippen LogP contribution < -0.4 is 10.2 Å². The Kier molecular flexibility index (Phi) is 9.53. The van der Waals surface area contributed by atoms with Gasteiger partial charge >= 0.3 is 0 Å². The molecule has 3 aliphatic rings. The van der Waals surface area contributed by atoms with Gasteiger partial charge in [0.2, 0.25) is 11.9 Å². The van der Waals surface area contributed by atoms with Crippen molar-refractivity contribution in [2.45, 2.75) is 58.0 Å². The average molecular weight is 497 g/mol. The lowest BCUT2D eigenvalue weighted by molar-refractivity contribution is -0.125. The minimum atomic E-state index is -0.898. The zero-order valence-electron chi connectivity index (χ0n) is 21.3. The quantitative estimate of drug-likeness (QED) is 0.428. The maximum absolute atomic E-state index is 12.3. The summed E-state index contributed by atoms with van der Waals surface area (Å²) in [7, 11) is 0. The molecule has 0 aromatic carbocycles. The number of carbonyl (C=O) groups excluding carboxylic acids is 1. The van der Waals surface area contributed by atoms with Gasteiger partial charge in [-0.05, 0) is 68.6 Å². The fraction of sp³-hybridized carbons (Fsp3) is 0.607. The first-order valence-electron chi connectivity index (χ1n) is 13.4. The van der Waals surface area contributed by atoms with Crippen LogP contribution in [0.1, 0.15) is 51.0 Å². The lowest BCUT2D eigenvalue weighted by Crippen LogP contribution is -2.38. The van der Waals surface area contributed by atoms with Gasteiger partial charge in [0.15, 0.2) is 0 Å². The number of aryl methyl sites for hydroxylation is 1. The largest absolute Gasteiger partial charge is 0.494 e. The van der Waals surface area contributed by atoms with Gasteiger partial charge in [-0.25, -0.2) is 9.97 Å². The van der Waals surface area contributed by atoms with E-state index in [9.17, 15) is 9.90 Å². The highest BCUT2D eigenvalue weighted by atomic mass is 16.5. The lowest BCUT2D eigenvalue weighted by atomic mass is 9.81. The molecule has 1 aromatic rings. The van der Waals surface area contributed by atoms with E-state index in [0.717, 1.165) is 76.3 Å². The molecule has 1 fully saturated rings. The van der Waals surface area contributed by atoms with E-state index < -0.39 is 6.10 Å². The average Bonchev–Trinajstić information content (AvgIpc) is 2.95. The molecule has 0 radical (unpaired) electrons. The second-order valence-corrected chi connectivity index (χ2v) is 10.1. The number of anilines is 1. The summed E-state index contributed by atoms with van der Waals surface area (Å²) in [5.74, 6) is 2.62. The molecule has 2 aliphatic carbocycles. The van der Waals surface area contributed by atoms with E-state index in [0.29, 0.717) is 11.8 Å². The first-order chi connectivity index (χ1) is 17.6. The van der Waals surface area contributed by atoms with Crippen LogP contribution in [0.2, 0.25) is 0 Å². The molecule has 36 heavy (non-hydrogen) atoms. The molecule has 196 valence electrons. The van der Waals surface area contributed by atoms with Crippen LogP contribution in [0, 0.1) is 17.8 Å². The molecule has 8 heteroatoms. The minimum Gasteiger partial charge on any atom is -0.494 e. The van der Waals surface area contributed by atoms with Gasteiger partial charge in [0.05, 0.1) is 19.3 Å². The predicted octanol–water partition coefficient (Wildman–Crippen LogP) is 2.93. The number of amides is 1. The van der Waals surface area contributed by atoms with Gasteiger partial charge < -0.3 is 25.2 Å². The number of aliphatic hydroxyl groups excluding tert-OH is 2. The van der Waals surface area contributed by atoms with Crippen LogP contribution in [0.3, 0.4) is 0 Å². The number of allylic oxidation sites excluding steroid dienone is 5. The summed E-state index contributed by atoms with van der Waals surface area (Å²) < 4.78 is 6.15. The molecule has 1 saturated heterocycles. The zero-order chi connectivity index (χ0) is 25.3. The highest BCUT2D eigenvalue weighted by Crippen LogP contribution is 2.33. The van der Waals surface area contributed by atoms with Gasteiger partial charge in [0, 0.05) is 43.9 Å². The number of piperidine rings is 1. The van der Waals surface area contributed by atoms with Crippen molar-refractivity contribution in [3.05, 3.63) is 53.6 Å². The minimum absolute atomic E-state index is 0.0414. The Balaban J connectivity index is 1.15. The van der Waals surface area contributed by atoms with Crippen LogP contribution in [0.25, 0.3) is 0 Å². The van der Waals surface area contributed by atoms with Crippen molar-refractivity contribution in [2.24, 2.45) is 17.8 Å². The summed E-state index contributed by atoms with van der Waals surface area (Å²) in [6.07, 6.45) is 18.2. The highest BCUT2D eigenvalue weighted by Gasteiger charge is 2.25. The normalized spacial score (nSPS) is 23.6. The van der Waals surface area contributed by atoms with Crippen LogP contribution in [0.15, 0.2) is 48.0 Å². The monoisotopic (exact) mass is 496 g/mol. The van der Waals surface area contributed by atoms with Crippen molar-refractivity contribution in [3.63, 3.8) is 0 Å². The fourth-order valence-corrected chi connectivity index (χ4v) is 5.05. The summed E-state index contributed by atoms with van der Waals surface area (Å²) in [4.78, 5) is 23.6. The topological polar surface area (TPSA) is 108 Å². The van der Waals surface area contributed by atoms with Crippen molar-refractivity contribution in [2.75, 3.05) is 37.7 Å². The van der Waals surface area contributed by atoms with Gasteiger partial charge in [-0.2, -0.15) is 0 Å². The summed E-state index contributed by atoms with van der Waals surface area (Å²) in [6.45, 7) is 4.54. The van der Waals surface area contributed by atoms with Crippen molar-refractivity contribution in [1.29, 1.82) is 0 Å². The molecule has 3 N–H and O–H groups in total. The highest BCUT2D eigenvalue weighted by molar-refractivity contribution is 5.79. The molecule has 1 amide bonds. The van der Waals surface area contributed by atoms with Gasteiger partial charge in [-0.3, -0.25) is 4.79 Å². The van der Waals surface area contributed by atoms with Crippen molar-refractivity contribution >= 4 is 11.9 Å². The van der Waals surface area contributed by atoms with Gasteiger partial charge in [-0.1, -0.05) is 24.6 Å². The van der Waals surface area contributed by atoms with Crippen LogP contribution >= 0.6 is 0 Å². The standard InChI is InChI=1S/C28H40N4O4/c1-2-20-15-30-28(31-16-20)32-13-11-21(12-14-32)19-36-26-9-7-23(8-10-26)22-3-5-24(6-4-22)27(35)29-17-25(34)18-33/h3,7,9-10,15-16,21,23-25,33-34H,2,4-6,8,11-14,17-19H2,1H3,(H,29,35)/t23?,24?,25-/m0/s1. The molecule has 2 heterocycles. The molecule has 4 rings (SSSR count). The Bertz CT molecular complexity index is 951. The molecule has 2 unspecified atom stereocenters. The molecule has 1 aliphatic heterocycles. The summed E-state index contributed by atoms with van der Waals surface area (Å²) in [5, 5.41) is 21.0.